The average Bonchev–Trinajstić information content (AvgIpc) is 2.19. The van der Waals surface area contributed by atoms with Crippen LogP contribution in [0.15, 0.2) is 24.4 Å². The lowest BCUT2D eigenvalue weighted by Gasteiger charge is -1.98. The van der Waals surface area contributed by atoms with Gasteiger partial charge in [-0.15, -0.1) is 0 Å². The lowest BCUT2D eigenvalue weighted by Crippen LogP contribution is -1.86. The minimum absolute atomic E-state index is 0.662. The molecule has 0 aliphatic heterocycles. The number of hydrogen-bond donors (Lipinski definition) is 0. The van der Waals surface area contributed by atoms with Gasteiger partial charge in [0.2, 0.25) is 0 Å². The van der Waals surface area contributed by atoms with Gasteiger partial charge in [0.15, 0.2) is 0 Å². The van der Waals surface area contributed by atoms with Gasteiger partial charge in [-0.1, -0.05) is 6.07 Å². The Balaban J connectivity index is 2.11. The van der Waals surface area contributed by atoms with Gasteiger partial charge in [-0.3, -0.25) is 4.98 Å². The lowest BCUT2D eigenvalue weighted by atomic mass is 10.4. The van der Waals surface area contributed by atoms with E-state index in [4.69, 9.17) is 5.26 Å². The Morgan fingerprint density at radius 3 is 3.08 bits per heavy atom. The fourth-order valence-corrected chi connectivity index (χ4v) is 1.79. The zero-order valence-electron chi connectivity index (χ0n) is 7.44. The number of hydrogen-bond acceptors (Lipinski definition) is 3. The molecule has 1 rings (SSSR count). The van der Waals surface area contributed by atoms with Crippen LogP contribution < -0.4 is 0 Å². The lowest BCUT2D eigenvalue weighted by molar-refractivity contribution is 0.980. The van der Waals surface area contributed by atoms with Crippen LogP contribution in [0.5, 0.6) is 0 Å². The molecule has 0 radical (unpaired) electrons. The summed E-state index contributed by atoms with van der Waals surface area (Å²) in [6, 6.07) is 8.08. The molecule has 0 N–H and O–H groups in total. The molecule has 0 saturated carbocycles. The molecule has 2 nitrogen and oxygen atoms in total. The van der Waals surface area contributed by atoms with E-state index >= 15 is 0 Å². The van der Waals surface area contributed by atoms with E-state index in [-0.39, 0.29) is 0 Å². The summed E-state index contributed by atoms with van der Waals surface area (Å²) in [4.78, 5) is 4.21. The van der Waals surface area contributed by atoms with E-state index in [2.05, 4.69) is 11.1 Å². The molecule has 1 aromatic heterocycles. The van der Waals surface area contributed by atoms with Crippen molar-refractivity contribution in [2.75, 3.05) is 5.75 Å². The number of aromatic nitrogens is 1. The number of nitriles is 1. The second-order valence-corrected chi connectivity index (χ2v) is 3.74. The largest absolute Gasteiger partial charge is 0.260 e. The van der Waals surface area contributed by atoms with Crippen molar-refractivity contribution in [2.24, 2.45) is 0 Å². The summed E-state index contributed by atoms with van der Waals surface area (Å²) in [6.07, 6.45) is 3.45. The van der Waals surface area contributed by atoms with E-state index in [1.54, 1.807) is 0 Å². The van der Waals surface area contributed by atoms with E-state index in [1.807, 2.05) is 36.2 Å². The fraction of sp³-hybridized carbons (Fsp3) is 0.400. The number of pyridine rings is 1. The molecule has 1 heterocycles. The number of unbranched alkanes of at least 4 members (excludes halogenated alkanes) is 1. The Kier molecular flexibility index (Phi) is 5.04. The fourth-order valence-electron chi connectivity index (χ4n) is 0.914. The first-order chi connectivity index (χ1) is 6.43. The van der Waals surface area contributed by atoms with E-state index in [9.17, 15) is 0 Å². The van der Waals surface area contributed by atoms with Crippen LogP contribution in [0, 0.1) is 11.3 Å². The molecular formula is C10H12N2S. The summed E-state index contributed by atoms with van der Waals surface area (Å²) in [5, 5.41) is 8.31. The molecule has 1 aromatic rings. The monoisotopic (exact) mass is 192 g/mol. The Bertz CT molecular complexity index is 266. The molecule has 0 fully saturated rings. The van der Waals surface area contributed by atoms with Crippen molar-refractivity contribution in [1.29, 1.82) is 5.26 Å². The highest BCUT2D eigenvalue weighted by molar-refractivity contribution is 7.98. The smallest absolute Gasteiger partial charge is 0.0622 e. The van der Waals surface area contributed by atoms with Crippen LogP contribution in [-0.2, 0) is 5.75 Å². The molecule has 0 atom stereocenters. The topological polar surface area (TPSA) is 36.7 Å². The van der Waals surface area contributed by atoms with E-state index in [1.165, 1.54) is 0 Å². The van der Waals surface area contributed by atoms with Gasteiger partial charge in [0, 0.05) is 18.4 Å². The van der Waals surface area contributed by atoms with Gasteiger partial charge in [0.05, 0.1) is 11.8 Å². The summed E-state index contributed by atoms with van der Waals surface area (Å²) in [6.45, 7) is 0. The minimum Gasteiger partial charge on any atom is -0.260 e. The van der Waals surface area contributed by atoms with Crippen LogP contribution in [0.4, 0.5) is 0 Å². The third-order valence-corrected chi connectivity index (χ3v) is 2.63. The first-order valence-corrected chi connectivity index (χ1v) is 5.43. The Morgan fingerprint density at radius 1 is 1.46 bits per heavy atom. The van der Waals surface area contributed by atoms with E-state index in [0.717, 1.165) is 23.6 Å². The van der Waals surface area contributed by atoms with Crippen molar-refractivity contribution >= 4 is 11.8 Å². The first kappa shape index (κ1) is 10.1. The summed E-state index contributed by atoms with van der Waals surface area (Å²) in [5.41, 5.74) is 1.12. The zero-order chi connectivity index (χ0) is 9.36. The van der Waals surface area contributed by atoms with Crippen molar-refractivity contribution in [1.82, 2.24) is 4.98 Å². The molecule has 0 bridgehead atoms. The van der Waals surface area contributed by atoms with Crippen molar-refractivity contribution < 1.29 is 0 Å². The van der Waals surface area contributed by atoms with Gasteiger partial charge in [-0.05, 0) is 24.3 Å². The molecular weight excluding hydrogens is 180 g/mol. The van der Waals surface area contributed by atoms with Gasteiger partial charge in [0.1, 0.15) is 0 Å². The zero-order valence-corrected chi connectivity index (χ0v) is 8.26. The van der Waals surface area contributed by atoms with Gasteiger partial charge in [-0.2, -0.15) is 17.0 Å². The highest BCUT2D eigenvalue weighted by Crippen LogP contribution is 2.10. The van der Waals surface area contributed by atoms with Crippen LogP contribution in [-0.4, -0.2) is 10.7 Å². The van der Waals surface area contributed by atoms with Crippen molar-refractivity contribution in [3.8, 4) is 6.07 Å². The standard InChI is InChI=1S/C10H12N2S/c11-6-2-4-8-13-9-10-5-1-3-7-12-10/h1,3,5,7H,2,4,8-9H2. The molecule has 0 aliphatic rings. The van der Waals surface area contributed by atoms with Crippen LogP contribution in [0.2, 0.25) is 0 Å². The Morgan fingerprint density at radius 2 is 2.38 bits per heavy atom. The SMILES string of the molecule is N#CCCCSCc1ccccn1. The molecule has 0 amide bonds. The molecule has 3 heteroatoms. The minimum atomic E-state index is 0.662. The third-order valence-electron chi connectivity index (χ3n) is 1.55. The predicted molar refractivity (Wildman–Crippen MR) is 55.2 cm³/mol. The van der Waals surface area contributed by atoms with Crippen LogP contribution in [0.3, 0.4) is 0 Å². The number of thioether (sulfide) groups is 1. The van der Waals surface area contributed by atoms with Crippen molar-refractivity contribution in [2.45, 2.75) is 18.6 Å². The predicted octanol–water partition coefficient (Wildman–Crippen LogP) is 2.62. The Labute approximate surface area is 83.0 Å². The molecule has 68 valence electrons. The highest BCUT2D eigenvalue weighted by atomic mass is 32.2. The molecule has 0 aliphatic carbocycles. The van der Waals surface area contributed by atoms with Crippen molar-refractivity contribution in [3.63, 3.8) is 0 Å². The summed E-state index contributed by atoms with van der Waals surface area (Å²) >= 11 is 1.83. The maximum Gasteiger partial charge on any atom is 0.0622 e. The van der Waals surface area contributed by atoms with Gasteiger partial charge < -0.3 is 0 Å². The summed E-state index contributed by atoms with van der Waals surface area (Å²) < 4.78 is 0. The highest BCUT2D eigenvalue weighted by Gasteiger charge is 1.92. The quantitative estimate of drug-likeness (QED) is 0.673. The van der Waals surface area contributed by atoms with Gasteiger partial charge >= 0.3 is 0 Å². The van der Waals surface area contributed by atoms with Crippen molar-refractivity contribution in [3.05, 3.63) is 30.1 Å². The average molecular weight is 192 g/mol. The molecule has 0 spiro atoms. The third kappa shape index (κ3) is 4.54. The Hall–Kier alpha value is -1.01. The van der Waals surface area contributed by atoms with Crippen LogP contribution >= 0.6 is 11.8 Å². The van der Waals surface area contributed by atoms with Gasteiger partial charge in [0.25, 0.3) is 0 Å². The first-order valence-electron chi connectivity index (χ1n) is 4.28. The van der Waals surface area contributed by atoms with Gasteiger partial charge in [-0.25, -0.2) is 0 Å². The van der Waals surface area contributed by atoms with E-state index in [0.29, 0.717) is 6.42 Å². The summed E-state index contributed by atoms with van der Waals surface area (Å²) in [5.74, 6) is 2.00. The number of nitrogens with zero attached hydrogens (tertiary/aromatic N) is 2. The van der Waals surface area contributed by atoms with E-state index < -0.39 is 0 Å². The molecule has 0 unspecified atom stereocenters. The maximum atomic E-state index is 8.31. The van der Waals surface area contributed by atoms with Crippen LogP contribution in [0.25, 0.3) is 0 Å². The maximum absolute atomic E-state index is 8.31. The molecule has 0 aromatic carbocycles. The second kappa shape index (κ2) is 6.50. The number of rotatable bonds is 5. The summed E-state index contributed by atoms with van der Waals surface area (Å²) in [7, 11) is 0. The molecule has 0 saturated heterocycles. The normalized spacial score (nSPS) is 9.46. The second-order valence-electron chi connectivity index (χ2n) is 2.64. The van der Waals surface area contributed by atoms with Crippen LogP contribution in [0.1, 0.15) is 18.5 Å². The molecule has 13 heavy (non-hydrogen) atoms.